The van der Waals surface area contributed by atoms with E-state index in [4.69, 9.17) is 11.6 Å². The maximum atomic E-state index is 13.2. The van der Waals surface area contributed by atoms with Crippen molar-refractivity contribution < 1.29 is 4.79 Å². The van der Waals surface area contributed by atoms with Crippen molar-refractivity contribution in [2.24, 2.45) is 0 Å². The number of anilines is 1. The van der Waals surface area contributed by atoms with E-state index in [0.29, 0.717) is 6.54 Å². The second-order valence-corrected chi connectivity index (χ2v) is 8.07. The van der Waals surface area contributed by atoms with Gasteiger partial charge in [0.15, 0.2) is 0 Å². The summed E-state index contributed by atoms with van der Waals surface area (Å²) >= 11 is 5.97. The Balaban J connectivity index is 1.43. The predicted molar refractivity (Wildman–Crippen MR) is 129 cm³/mol. The van der Waals surface area contributed by atoms with Crippen LogP contribution >= 0.6 is 11.6 Å². The molecule has 2 N–H and O–H groups in total. The summed E-state index contributed by atoms with van der Waals surface area (Å²) in [6, 6.07) is 24.8. The highest BCUT2D eigenvalue weighted by Gasteiger charge is 2.20. The molecule has 162 valence electrons. The topological polar surface area (TPSA) is 59.0 Å². The highest BCUT2D eigenvalue weighted by Crippen LogP contribution is 2.18. The van der Waals surface area contributed by atoms with E-state index in [1.54, 1.807) is 6.33 Å². The van der Waals surface area contributed by atoms with E-state index in [0.717, 1.165) is 34.1 Å². The third-order valence-electron chi connectivity index (χ3n) is 5.22. The molecule has 0 saturated heterocycles. The summed E-state index contributed by atoms with van der Waals surface area (Å²) in [6.07, 6.45) is 4.54. The summed E-state index contributed by atoms with van der Waals surface area (Å²) in [5.74, 6) is -0.0986. The number of nitrogens with one attached hydrogen (secondary N) is 2. The number of nitrogens with zero attached hydrogens (tertiary/aromatic N) is 2. The molecule has 0 bridgehead atoms. The van der Waals surface area contributed by atoms with Gasteiger partial charge in [0, 0.05) is 29.1 Å². The molecule has 3 aromatic carbocycles. The molecule has 6 heteroatoms. The maximum absolute atomic E-state index is 13.2. The average Bonchev–Trinajstić information content (AvgIpc) is 3.25. The molecular weight excluding hydrogens is 420 g/mol. The van der Waals surface area contributed by atoms with Gasteiger partial charge in [0.1, 0.15) is 6.04 Å². The number of benzene rings is 3. The molecular formula is C26H25ClN4O. The second kappa shape index (κ2) is 10.3. The SMILES string of the molecule is Cc1cn(-c2ccc(NC(=O)[C@@H](NCCc3ccc(Cl)cc3)c3ccccc3)cc2)cn1. The number of halogens is 1. The third-order valence-corrected chi connectivity index (χ3v) is 5.47. The molecule has 0 aliphatic carbocycles. The van der Waals surface area contributed by atoms with Gasteiger partial charge < -0.3 is 15.2 Å². The number of hydrogen-bond acceptors (Lipinski definition) is 3. The molecule has 0 spiro atoms. The molecule has 4 aromatic rings. The number of aryl methyl sites for hydroxylation is 1. The van der Waals surface area contributed by atoms with Gasteiger partial charge in [-0.1, -0.05) is 54.1 Å². The zero-order valence-corrected chi connectivity index (χ0v) is 18.6. The first-order chi connectivity index (χ1) is 15.6. The summed E-state index contributed by atoms with van der Waals surface area (Å²) in [5.41, 5.74) is 4.78. The van der Waals surface area contributed by atoms with Crippen LogP contribution in [0.4, 0.5) is 5.69 Å². The number of carbonyl (C=O) groups is 1. The smallest absolute Gasteiger partial charge is 0.246 e. The van der Waals surface area contributed by atoms with E-state index in [9.17, 15) is 4.79 Å². The minimum absolute atomic E-state index is 0.0986. The Labute approximate surface area is 193 Å². The standard InChI is InChI=1S/C26H25ClN4O/c1-19-17-31(18-29-19)24-13-11-23(12-14-24)30-26(32)25(21-5-3-2-4-6-21)28-16-15-20-7-9-22(27)10-8-20/h2-14,17-18,25,28H,15-16H2,1H3,(H,30,32)/t25-/m0/s1. The largest absolute Gasteiger partial charge is 0.324 e. The molecule has 1 heterocycles. The second-order valence-electron chi connectivity index (χ2n) is 7.63. The summed E-state index contributed by atoms with van der Waals surface area (Å²) < 4.78 is 1.95. The van der Waals surface area contributed by atoms with Gasteiger partial charge in [-0.3, -0.25) is 4.79 Å². The van der Waals surface area contributed by atoms with Crippen LogP contribution in [0.3, 0.4) is 0 Å². The lowest BCUT2D eigenvalue weighted by Crippen LogP contribution is -2.34. The molecule has 32 heavy (non-hydrogen) atoms. The number of hydrogen-bond donors (Lipinski definition) is 2. The Bertz CT molecular complexity index is 1150. The number of rotatable bonds is 8. The Morgan fingerprint density at radius 1 is 1.00 bits per heavy atom. The first-order valence-corrected chi connectivity index (χ1v) is 10.9. The van der Waals surface area contributed by atoms with Gasteiger partial charge in [-0.25, -0.2) is 4.98 Å². The van der Waals surface area contributed by atoms with Crippen LogP contribution in [0.15, 0.2) is 91.4 Å². The minimum atomic E-state index is -0.459. The molecule has 0 aliphatic heterocycles. The van der Waals surface area contributed by atoms with Crippen LogP contribution in [0.2, 0.25) is 5.02 Å². The quantitative estimate of drug-likeness (QED) is 0.385. The lowest BCUT2D eigenvalue weighted by Gasteiger charge is -2.19. The Kier molecular flexibility index (Phi) is 7.00. The van der Waals surface area contributed by atoms with Gasteiger partial charge in [0.05, 0.1) is 12.0 Å². The van der Waals surface area contributed by atoms with Crippen molar-refractivity contribution in [1.82, 2.24) is 14.9 Å². The van der Waals surface area contributed by atoms with Crippen molar-refractivity contribution in [1.29, 1.82) is 0 Å². The van der Waals surface area contributed by atoms with E-state index < -0.39 is 6.04 Å². The van der Waals surface area contributed by atoms with Crippen molar-refractivity contribution in [3.8, 4) is 5.69 Å². The molecule has 0 unspecified atom stereocenters. The number of amides is 1. The van der Waals surface area contributed by atoms with Crippen molar-refractivity contribution in [3.05, 3.63) is 113 Å². The zero-order chi connectivity index (χ0) is 22.3. The van der Waals surface area contributed by atoms with Gasteiger partial charge in [-0.15, -0.1) is 0 Å². The van der Waals surface area contributed by atoms with Gasteiger partial charge in [0.25, 0.3) is 0 Å². The van der Waals surface area contributed by atoms with E-state index in [2.05, 4.69) is 15.6 Å². The van der Waals surface area contributed by atoms with Crippen LogP contribution < -0.4 is 10.6 Å². The molecule has 0 radical (unpaired) electrons. The highest BCUT2D eigenvalue weighted by molar-refractivity contribution is 6.30. The maximum Gasteiger partial charge on any atom is 0.246 e. The third kappa shape index (κ3) is 5.63. The lowest BCUT2D eigenvalue weighted by atomic mass is 10.1. The predicted octanol–water partition coefficient (Wildman–Crippen LogP) is 5.35. The molecule has 5 nitrogen and oxygen atoms in total. The first-order valence-electron chi connectivity index (χ1n) is 10.5. The van der Waals surface area contributed by atoms with E-state index in [1.807, 2.05) is 96.6 Å². The van der Waals surface area contributed by atoms with Crippen molar-refractivity contribution in [3.63, 3.8) is 0 Å². The van der Waals surface area contributed by atoms with Gasteiger partial charge in [-0.2, -0.15) is 0 Å². The minimum Gasteiger partial charge on any atom is -0.324 e. The van der Waals surface area contributed by atoms with Crippen LogP contribution in [-0.2, 0) is 11.2 Å². The Morgan fingerprint density at radius 2 is 1.72 bits per heavy atom. The molecule has 0 aliphatic rings. The summed E-state index contributed by atoms with van der Waals surface area (Å²) in [6.45, 7) is 2.61. The van der Waals surface area contributed by atoms with Crippen LogP contribution in [0.1, 0.15) is 22.9 Å². The van der Waals surface area contributed by atoms with Crippen LogP contribution in [0, 0.1) is 6.92 Å². The molecule has 1 atom stereocenters. The number of aromatic nitrogens is 2. The lowest BCUT2D eigenvalue weighted by molar-refractivity contribution is -0.118. The molecule has 0 saturated carbocycles. The van der Waals surface area contributed by atoms with Crippen molar-refractivity contribution in [2.75, 3.05) is 11.9 Å². The van der Waals surface area contributed by atoms with Crippen LogP contribution in [-0.4, -0.2) is 22.0 Å². The molecule has 0 fully saturated rings. The number of imidazole rings is 1. The summed E-state index contributed by atoms with van der Waals surface area (Å²) in [5, 5.41) is 7.16. The van der Waals surface area contributed by atoms with Crippen molar-refractivity contribution >= 4 is 23.2 Å². The van der Waals surface area contributed by atoms with E-state index in [-0.39, 0.29) is 5.91 Å². The van der Waals surface area contributed by atoms with Gasteiger partial charge in [0.2, 0.25) is 5.91 Å². The highest BCUT2D eigenvalue weighted by atomic mass is 35.5. The Hall–Kier alpha value is -3.41. The summed E-state index contributed by atoms with van der Waals surface area (Å²) in [7, 11) is 0. The van der Waals surface area contributed by atoms with Gasteiger partial charge in [-0.05, 0) is 60.9 Å². The fourth-order valence-corrected chi connectivity index (χ4v) is 3.64. The van der Waals surface area contributed by atoms with Crippen LogP contribution in [0.5, 0.6) is 0 Å². The van der Waals surface area contributed by atoms with E-state index in [1.165, 1.54) is 5.56 Å². The Morgan fingerprint density at radius 3 is 2.38 bits per heavy atom. The normalized spacial score (nSPS) is 11.8. The zero-order valence-electron chi connectivity index (χ0n) is 17.8. The monoisotopic (exact) mass is 444 g/mol. The molecule has 1 aromatic heterocycles. The van der Waals surface area contributed by atoms with Crippen LogP contribution in [0.25, 0.3) is 5.69 Å². The first kappa shape index (κ1) is 21.8. The molecule has 1 amide bonds. The molecule has 4 rings (SSSR count). The van der Waals surface area contributed by atoms with E-state index >= 15 is 0 Å². The number of carbonyl (C=O) groups excluding carboxylic acids is 1. The fraction of sp³-hybridized carbons (Fsp3) is 0.154. The average molecular weight is 445 g/mol. The summed E-state index contributed by atoms with van der Waals surface area (Å²) in [4.78, 5) is 17.4. The fourth-order valence-electron chi connectivity index (χ4n) is 3.51. The van der Waals surface area contributed by atoms with Gasteiger partial charge >= 0.3 is 0 Å². The van der Waals surface area contributed by atoms with Crippen molar-refractivity contribution in [2.45, 2.75) is 19.4 Å².